The highest BCUT2D eigenvalue weighted by Gasteiger charge is 2.03. The lowest BCUT2D eigenvalue weighted by Gasteiger charge is -2.06. The molecule has 1 aromatic heterocycles. The first kappa shape index (κ1) is 11.9. The Morgan fingerprint density at radius 2 is 1.83 bits per heavy atom. The maximum atomic E-state index is 11.5. The minimum absolute atomic E-state index is 0.0718. The molecule has 0 saturated heterocycles. The quantitative estimate of drug-likeness (QED) is 0.854. The minimum Gasteiger partial charge on any atom is -0.508 e. The van der Waals surface area contributed by atoms with Crippen LogP contribution >= 0.6 is 0 Å². The van der Waals surface area contributed by atoms with Crippen molar-refractivity contribution in [1.29, 1.82) is 0 Å². The average molecular weight is 245 g/mol. The predicted octanol–water partition coefficient (Wildman–Crippen LogP) is 1.30. The Hall–Kier alpha value is -2.56. The number of rotatable bonds is 3. The van der Waals surface area contributed by atoms with E-state index in [2.05, 4.69) is 0 Å². The highest BCUT2D eigenvalue weighted by Crippen LogP contribution is 2.07. The summed E-state index contributed by atoms with van der Waals surface area (Å²) < 4.78 is 1.43. The van der Waals surface area contributed by atoms with Gasteiger partial charge in [0.2, 0.25) is 0 Å². The van der Waals surface area contributed by atoms with Crippen molar-refractivity contribution < 1.29 is 15.0 Å². The normalized spacial score (nSPS) is 10.2. The lowest BCUT2D eigenvalue weighted by Crippen LogP contribution is -2.18. The van der Waals surface area contributed by atoms with Gasteiger partial charge in [-0.15, -0.1) is 0 Å². The van der Waals surface area contributed by atoms with Gasteiger partial charge in [-0.3, -0.25) is 4.79 Å². The van der Waals surface area contributed by atoms with Crippen molar-refractivity contribution in [3.05, 3.63) is 64.1 Å². The van der Waals surface area contributed by atoms with Gasteiger partial charge in [0, 0.05) is 12.3 Å². The van der Waals surface area contributed by atoms with Crippen molar-refractivity contribution in [3.8, 4) is 5.75 Å². The van der Waals surface area contributed by atoms with E-state index in [1.54, 1.807) is 12.1 Å². The number of carboxylic acids is 1. The van der Waals surface area contributed by atoms with Gasteiger partial charge in [-0.05, 0) is 23.8 Å². The van der Waals surface area contributed by atoms with E-state index in [4.69, 9.17) is 10.2 Å². The molecule has 0 radical (unpaired) electrons. The summed E-state index contributed by atoms with van der Waals surface area (Å²) >= 11 is 0. The molecule has 5 nitrogen and oxygen atoms in total. The summed E-state index contributed by atoms with van der Waals surface area (Å²) in [4.78, 5) is 22.2. The van der Waals surface area contributed by atoms with Crippen molar-refractivity contribution in [2.75, 3.05) is 0 Å². The second-order valence-electron chi connectivity index (χ2n) is 3.85. The van der Waals surface area contributed by atoms with Gasteiger partial charge >= 0.3 is 5.97 Å². The third-order valence-corrected chi connectivity index (χ3v) is 2.53. The largest absolute Gasteiger partial charge is 0.508 e. The van der Waals surface area contributed by atoms with Crippen LogP contribution in [0.25, 0.3) is 0 Å². The molecule has 0 aliphatic heterocycles. The van der Waals surface area contributed by atoms with Crippen LogP contribution in [0, 0.1) is 0 Å². The van der Waals surface area contributed by atoms with Crippen LogP contribution in [-0.2, 0) is 6.54 Å². The summed E-state index contributed by atoms with van der Waals surface area (Å²) in [6.45, 7) is 0.332. The lowest BCUT2D eigenvalue weighted by atomic mass is 10.1. The molecule has 0 bridgehead atoms. The molecule has 2 aromatic rings. The molecule has 2 N–H and O–H groups in total. The number of benzene rings is 1. The summed E-state index contributed by atoms with van der Waals surface area (Å²) in [5, 5.41) is 17.9. The standard InChI is InChI=1S/C13H11NO4/c15-11-5-6-14(12(16)7-11)8-9-1-3-10(4-2-9)13(17)18/h1-7,15H,8H2,(H,17,18). The highest BCUT2D eigenvalue weighted by atomic mass is 16.4. The molecule has 0 amide bonds. The van der Waals surface area contributed by atoms with Crippen LogP contribution in [0.15, 0.2) is 47.4 Å². The first-order valence-corrected chi connectivity index (χ1v) is 5.28. The van der Waals surface area contributed by atoms with E-state index in [0.717, 1.165) is 11.6 Å². The number of aromatic carboxylic acids is 1. The van der Waals surface area contributed by atoms with Crippen LogP contribution < -0.4 is 5.56 Å². The topological polar surface area (TPSA) is 79.5 Å². The first-order valence-electron chi connectivity index (χ1n) is 5.28. The molecule has 0 saturated carbocycles. The smallest absolute Gasteiger partial charge is 0.335 e. The monoisotopic (exact) mass is 245 g/mol. The Kier molecular flexibility index (Phi) is 3.14. The Labute approximate surface area is 103 Å². The van der Waals surface area contributed by atoms with Crippen molar-refractivity contribution >= 4 is 5.97 Å². The Morgan fingerprint density at radius 3 is 2.39 bits per heavy atom. The number of carboxylic acid groups (broad SMARTS) is 1. The number of nitrogens with zero attached hydrogens (tertiary/aromatic N) is 1. The van der Waals surface area contributed by atoms with E-state index < -0.39 is 5.97 Å². The molecule has 0 aliphatic rings. The van der Waals surface area contributed by atoms with Gasteiger partial charge < -0.3 is 14.8 Å². The number of hydrogen-bond donors (Lipinski definition) is 2. The van der Waals surface area contributed by atoms with Gasteiger partial charge in [0.25, 0.3) is 5.56 Å². The minimum atomic E-state index is -0.983. The second-order valence-corrected chi connectivity index (χ2v) is 3.85. The second kappa shape index (κ2) is 4.75. The van der Waals surface area contributed by atoms with Gasteiger partial charge in [0.15, 0.2) is 0 Å². The van der Waals surface area contributed by atoms with E-state index >= 15 is 0 Å². The average Bonchev–Trinajstić information content (AvgIpc) is 2.33. The molecule has 92 valence electrons. The number of aromatic hydroxyl groups is 1. The van der Waals surface area contributed by atoms with E-state index in [0.29, 0.717) is 6.54 Å². The van der Waals surface area contributed by atoms with E-state index in [9.17, 15) is 9.59 Å². The molecule has 18 heavy (non-hydrogen) atoms. The van der Waals surface area contributed by atoms with Crippen LogP contribution in [0.4, 0.5) is 0 Å². The lowest BCUT2D eigenvalue weighted by molar-refractivity contribution is 0.0697. The maximum absolute atomic E-state index is 11.5. The Bertz CT molecular complexity index is 628. The van der Waals surface area contributed by atoms with Gasteiger partial charge in [0.1, 0.15) is 5.75 Å². The summed E-state index contributed by atoms with van der Waals surface area (Å²) in [7, 11) is 0. The molecular weight excluding hydrogens is 234 g/mol. The number of pyridine rings is 1. The molecule has 1 aromatic carbocycles. The zero-order valence-electron chi connectivity index (χ0n) is 9.41. The third-order valence-electron chi connectivity index (χ3n) is 2.53. The Balaban J connectivity index is 2.23. The van der Waals surface area contributed by atoms with Crippen LogP contribution in [0.5, 0.6) is 5.75 Å². The number of hydrogen-bond acceptors (Lipinski definition) is 3. The van der Waals surface area contributed by atoms with Gasteiger partial charge in [0.05, 0.1) is 12.1 Å². The molecule has 0 spiro atoms. The van der Waals surface area contributed by atoms with Gasteiger partial charge in [-0.25, -0.2) is 4.79 Å². The van der Waals surface area contributed by atoms with Crippen LogP contribution in [0.2, 0.25) is 0 Å². The van der Waals surface area contributed by atoms with Crippen LogP contribution in [-0.4, -0.2) is 20.7 Å². The SMILES string of the molecule is O=C(O)c1ccc(Cn2ccc(O)cc2=O)cc1. The zero-order valence-corrected chi connectivity index (χ0v) is 9.41. The molecule has 2 rings (SSSR count). The summed E-state index contributed by atoms with van der Waals surface area (Å²) in [5.74, 6) is -1.05. The summed E-state index contributed by atoms with van der Waals surface area (Å²) in [6, 6.07) is 8.84. The number of carbonyl (C=O) groups is 1. The first-order chi connectivity index (χ1) is 8.56. The van der Waals surface area contributed by atoms with Crippen LogP contribution in [0.3, 0.4) is 0 Å². The molecule has 5 heteroatoms. The van der Waals surface area contributed by atoms with Gasteiger partial charge in [-0.1, -0.05) is 12.1 Å². The molecule has 1 heterocycles. The molecule has 0 aliphatic carbocycles. The van der Waals surface area contributed by atoms with E-state index in [1.165, 1.54) is 29.0 Å². The molecule has 0 fully saturated rings. The number of aromatic nitrogens is 1. The third kappa shape index (κ3) is 2.57. The van der Waals surface area contributed by atoms with Crippen molar-refractivity contribution in [1.82, 2.24) is 4.57 Å². The molecule has 0 atom stereocenters. The summed E-state index contributed by atoms with van der Waals surface area (Å²) in [6.07, 6.45) is 1.49. The van der Waals surface area contributed by atoms with Crippen molar-refractivity contribution in [2.24, 2.45) is 0 Å². The van der Waals surface area contributed by atoms with Crippen molar-refractivity contribution in [3.63, 3.8) is 0 Å². The highest BCUT2D eigenvalue weighted by molar-refractivity contribution is 5.87. The van der Waals surface area contributed by atoms with Crippen molar-refractivity contribution in [2.45, 2.75) is 6.54 Å². The molecule has 0 unspecified atom stereocenters. The van der Waals surface area contributed by atoms with Gasteiger partial charge in [-0.2, -0.15) is 0 Å². The van der Waals surface area contributed by atoms with Crippen LogP contribution in [0.1, 0.15) is 15.9 Å². The zero-order chi connectivity index (χ0) is 13.1. The fourth-order valence-corrected chi connectivity index (χ4v) is 1.58. The molecular formula is C13H11NO4. The Morgan fingerprint density at radius 1 is 1.17 bits per heavy atom. The fourth-order valence-electron chi connectivity index (χ4n) is 1.58. The fraction of sp³-hybridized carbons (Fsp3) is 0.0769. The van der Waals surface area contributed by atoms with E-state index in [-0.39, 0.29) is 16.9 Å². The van der Waals surface area contributed by atoms with E-state index in [1.807, 2.05) is 0 Å². The predicted molar refractivity (Wildman–Crippen MR) is 64.9 cm³/mol. The maximum Gasteiger partial charge on any atom is 0.335 e. The summed E-state index contributed by atoms with van der Waals surface area (Å²) in [5.41, 5.74) is 0.710.